The predicted octanol–water partition coefficient (Wildman–Crippen LogP) is 9.27. The molecule has 0 aliphatic carbocycles. The molecule has 0 aliphatic heterocycles. The highest BCUT2D eigenvalue weighted by Gasteiger charge is 2.20. The smallest absolute Gasteiger partial charge is 0.161 e. The van der Waals surface area contributed by atoms with E-state index in [0.29, 0.717) is 33.6 Å². The van der Waals surface area contributed by atoms with Crippen LogP contribution in [0.25, 0.3) is 27.7 Å². The van der Waals surface area contributed by atoms with Crippen molar-refractivity contribution in [2.45, 2.75) is 26.2 Å². The van der Waals surface area contributed by atoms with Crippen LogP contribution in [-0.4, -0.2) is 5.17 Å². The molecule has 0 fully saturated rings. The van der Waals surface area contributed by atoms with Gasteiger partial charge in [0.2, 0.25) is 0 Å². The van der Waals surface area contributed by atoms with Crippen molar-refractivity contribution in [2.24, 2.45) is 4.99 Å². The molecule has 0 atom stereocenters. The molecule has 0 saturated heterocycles. The standard InChI is InChI=1S/C27H23Cl2NO/c1-3-4-13-24(29)30-26-25-22(28)11-8-12-23(25)31-27(26)18(2)19-14-16-21(17-15-19)20-9-6-5-7-10-20/h5-12,14-17H,2-4,13H2,1H3. The molecule has 1 heterocycles. The van der Waals surface area contributed by atoms with Crippen LogP contribution < -0.4 is 0 Å². The maximum atomic E-state index is 6.50. The minimum absolute atomic E-state index is 0.540. The summed E-state index contributed by atoms with van der Waals surface area (Å²) in [5, 5.41) is 1.88. The van der Waals surface area contributed by atoms with Crippen LogP contribution in [0.5, 0.6) is 0 Å². The molecular weight excluding hydrogens is 425 g/mol. The van der Waals surface area contributed by atoms with E-state index >= 15 is 0 Å². The number of fused-ring (bicyclic) bond motifs is 1. The lowest BCUT2D eigenvalue weighted by molar-refractivity contribution is 0.601. The summed E-state index contributed by atoms with van der Waals surface area (Å²) >= 11 is 13.0. The van der Waals surface area contributed by atoms with Gasteiger partial charge in [-0.15, -0.1) is 0 Å². The van der Waals surface area contributed by atoms with Crippen molar-refractivity contribution in [1.82, 2.24) is 0 Å². The van der Waals surface area contributed by atoms with Gasteiger partial charge in [0.15, 0.2) is 5.76 Å². The topological polar surface area (TPSA) is 25.5 Å². The van der Waals surface area contributed by atoms with E-state index in [-0.39, 0.29) is 0 Å². The third-order valence-electron chi connectivity index (χ3n) is 5.22. The second-order valence-electron chi connectivity index (χ2n) is 7.41. The zero-order valence-corrected chi connectivity index (χ0v) is 18.9. The van der Waals surface area contributed by atoms with E-state index in [2.05, 4.69) is 37.8 Å². The molecule has 0 unspecified atom stereocenters. The van der Waals surface area contributed by atoms with E-state index in [1.54, 1.807) is 0 Å². The van der Waals surface area contributed by atoms with Crippen LogP contribution in [0.3, 0.4) is 0 Å². The Labute approximate surface area is 192 Å². The van der Waals surface area contributed by atoms with Gasteiger partial charge in [-0.25, -0.2) is 4.99 Å². The number of unbranched alkanes of at least 4 members (excludes halogenated alkanes) is 1. The minimum atomic E-state index is 0.540. The average molecular weight is 448 g/mol. The number of nitrogens with zero attached hydrogens (tertiary/aromatic N) is 1. The highest BCUT2D eigenvalue weighted by molar-refractivity contribution is 6.65. The van der Waals surface area contributed by atoms with E-state index in [0.717, 1.165) is 34.9 Å². The Morgan fingerprint density at radius 2 is 1.65 bits per heavy atom. The number of benzene rings is 3. The fourth-order valence-electron chi connectivity index (χ4n) is 3.53. The Bertz CT molecular complexity index is 1240. The van der Waals surface area contributed by atoms with Crippen molar-refractivity contribution in [3.63, 3.8) is 0 Å². The van der Waals surface area contributed by atoms with Gasteiger partial charge >= 0.3 is 0 Å². The summed E-state index contributed by atoms with van der Waals surface area (Å²) in [6.45, 7) is 6.43. The minimum Gasteiger partial charge on any atom is -0.454 e. The molecule has 0 radical (unpaired) electrons. The van der Waals surface area contributed by atoms with Gasteiger partial charge in [0.05, 0.1) is 10.4 Å². The average Bonchev–Trinajstić information content (AvgIpc) is 3.17. The molecule has 0 N–H and O–H groups in total. The Balaban J connectivity index is 1.75. The van der Waals surface area contributed by atoms with Gasteiger partial charge in [-0.2, -0.15) is 0 Å². The maximum absolute atomic E-state index is 6.50. The van der Waals surface area contributed by atoms with E-state index in [1.807, 2.05) is 48.5 Å². The summed E-state index contributed by atoms with van der Waals surface area (Å²) in [5.41, 5.74) is 5.32. The van der Waals surface area contributed by atoms with E-state index in [1.165, 1.54) is 5.56 Å². The largest absolute Gasteiger partial charge is 0.454 e. The van der Waals surface area contributed by atoms with Crippen molar-refractivity contribution in [1.29, 1.82) is 0 Å². The maximum Gasteiger partial charge on any atom is 0.161 e. The van der Waals surface area contributed by atoms with Crippen molar-refractivity contribution in [2.75, 3.05) is 0 Å². The summed E-state index contributed by atoms with van der Waals surface area (Å²) in [5.74, 6) is 0.588. The first kappa shape index (κ1) is 21.4. The molecule has 156 valence electrons. The SMILES string of the molecule is C=C(c1ccc(-c2ccccc2)cc1)c1oc2cccc(Cl)c2c1N=C(Cl)CCCC. The summed E-state index contributed by atoms with van der Waals surface area (Å²) in [7, 11) is 0. The summed E-state index contributed by atoms with van der Waals surface area (Å²) in [6, 6.07) is 24.1. The number of hydrogen-bond acceptors (Lipinski definition) is 2. The summed E-state index contributed by atoms with van der Waals surface area (Å²) < 4.78 is 6.17. The molecule has 0 spiro atoms. The van der Waals surface area contributed by atoms with E-state index in [9.17, 15) is 0 Å². The molecule has 4 aromatic rings. The fourth-order valence-corrected chi connectivity index (χ4v) is 4.00. The molecule has 31 heavy (non-hydrogen) atoms. The van der Waals surface area contributed by atoms with Crippen LogP contribution in [0.2, 0.25) is 5.02 Å². The lowest BCUT2D eigenvalue weighted by Crippen LogP contribution is -1.89. The van der Waals surface area contributed by atoms with Crippen molar-refractivity contribution in [3.8, 4) is 11.1 Å². The van der Waals surface area contributed by atoms with Gasteiger partial charge in [-0.3, -0.25) is 0 Å². The summed E-state index contributed by atoms with van der Waals surface area (Å²) in [4.78, 5) is 4.70. The van der Waals surface area contributed by atoms with E-state index in [4.69, 9.17) is 32.6 Å². The van der Waals surface area contributed by atoms with Crippen LogP contribution >= 0.6 is 23.2 Å². The first-order chi connectivity index (χ1) is 15.1. The highest BCUT2D eigenvalue weighted by Crippen LogP contribution is 2.43. The molecule has 0 bridgehead atoms. The second-order valence-corrected chi connectivity index (χ2v) is 8.25. The van der Waals surface area contributed by atoms with Gasteiger partial charge in [-0.05, 0) is 35.2 Å². The fraction of sp³-hybridized carbons (Fsp3) is 0.148. The van der Waals surface area contributed by atoms with Crippen LogP contribution in [-0.2, 0) is 0 Å². The molecule has 4 rings (SSSR count). The molecular formula is C27H23Cl2NO. The predicted molar refractivity (Wildman–Crippen MR) is 134 cm³/mol. The summed E-state index contributed by atoms with van der Waals surface area (Å²) in [6.07, 6.45) is 2.74. The van der Waals surface area contributed by atoms with Crippen molar-refractivity contribution >= 4 is 50.6 Å². The van der Waals surface area contributed by atoms with Gasteiger partial charge in [-0.1, -0.05) is 104 Å². The molecule has 0 amide bonds. The van der Waals surface area contributed by atoms with Crippen LogP contribution in [0.1, 0.15) is 37.5 Å². The quantitative estimate of drug-likeness (QED) is 0.259. The van der Waals surface area contributed by atoms with Gasteiger partial charge in [0.1, 0.15) is 16.4 Å². The zero-order chi connectivity index (χ0) is 21.8. The third-order valence-corrected chi connectivity index (χ3v) is 5.81. The molecule has 2 nitrogen and oxygen atoms in total. The van der Waals surface area contributed by atoms with Crippen molar-refractivity contribution in [3.05, 3.63) is 95.7 Å². The normalized spacial score (nSPS) is 11.8. The van der Waals surface area contributed by atoms with Gasteiger partial charge in [0, 0.05) is 12.0 Å². The van der Waals surface area contributed by atoms with Crippen LogP contribution in [0, 0.1) is 0 Å². The third kappa shape index (κ3) is 4.61. The zero-order valence-electron chi connectivity index (χ0n) is 17.4. The molecule has 1 aromatic heterocycles. The lowest BCUT2D eigenvalue weighted by atomic mass is 9.99. The monoisotopic (exact) mass is 447 g/mol. The molecule has 0 aliphatic rings. The molecule has 0 saturated carbocycles. The molecule has 3 aromatic carbocycles. The van der Waals surface area contributed by atoms with Gasteiger partial charge in [0.25, 0.3) is 0 Å². The van der Waals surface area contributed by atoms with E-state index < -0.39 is 0 Å². The Morgan fingerprint density at radius 1 is 0.935 bits per heavy atom. The number of furan rings is 1. The van der Waals surface area contributed by atoms with Crippen molar-refractivity contribution < 1.29 is 4.42 Å². The van der Waals surface area contributed by atoms with Crippen LogP contribution in [0.15, 0.2) is 88.8 Å². The van der Waals surface area contributed by atoms with Crippen LogP contribution in [0.4, 0.5) is 5.69 Å². The Morgan fingerprint density at radius 3 is 2.35 bits per heavy atom. The highest BCUT2D eigenvalue weighted by atomic mass is 35.5. The number of aliphatic imine (C=N–C) groups is 1. The van der Waals surface area contributed by atoms with Gasteiger partial charge < -0.3 is 4.42 Å². The number of rotatable bonds is 7. The second kappa shape index (κ2) is 9.55. The lowest BCUT2D eigenvalue weighted by Gasteiger charge is -2.07. The molecule has 4 heteroatoms. The number of hydrogen-bond donors (Lipinski definition) is 0. The first-order valence-electron chi connectivity index (χ1n) is 10.4. The Kier molecular flexibility index (Phi) is 6.60. The first-order valence-corrected chi connectivity index (χ1v) is 11.1. The number of halogens is 2. The Hall–Kier alpha value is -2.81.